The summed E-state index contributed by atoms with van der Waals surface area (Å²) in [5.74, 6) is -0.388. The summed E-state index contributed by atoms with van der Waals surface area (Å²) in [4.78, 5) is 11.2. The van der Waals surface area contributed by atoms with E-state index in [2.05, 4.69) is 0 Å². The molecule has 0 unspecified atom stereocenters. The average Bonchev–Trinajstić information content (AvgIpc) is 3.17. The SMILES string of the molecule is COc1ccc2c(c1)c(CCC(=O)O)cn2S(=O)(=O)c1cccc(-c2ccc(Cl)cc2)c1. The Morgan fingerprint density at radius 3 is 2.47 bits per heavy atom. The number of ether oxygens (including phenoxy) is 1. The Balaban J connectivity index is 1.83. The Kier molecular flexibility index (Phi) is 5.95. The van der Waals surface area contributed by atoms with E-state index < -0.39 is 16.0 Å². The molecule has 0 bridgehead atoms. The zero-order valence-electron chi connectivity index (χ0n) is 17.2. The van der Waals surface area contributed by atoms with Crippen molar-refractivity contribution in [2.75, 3.05) is 7.11 Å². The van der Waals surface area contributed by atoms with Crippen LogP contribution in [-0.2, 0) is 21.2 Å². The molecule has 0 saturated carbocycles. The molecule has 8 heteroatoms. The van der Waals surface area contributed by atoms with E-state index in [-0.39, 0.29) is 17.7 Å². The standard InChI is InChI=1S/C24H20ClNO5S/c1-31-20-10-11-23-22(14-20)18(7-12-24(27)28)15-26(23)32(29,30)21-4-2-3-17(13-21)16-5-8-19(25)9-6-16/h2-6,8-11,13-15H,7,12H2,1H3,(H,27,28). The van der Waals surface area contributed by atoms with Crippen molar-refractivity contribution < 1.29 is 23.1 Å². The van der Waals surface area contributed by atoms with Crippen LogP contribution in [0, 0.1) is 0 Å². The molecule has 1 aromatic heterocycles. The van der Waals surface area contributed by atoms with Crippen LogP contribution >= 0.6 is 11.6 Å². The number of carbonyl (C=O) groups is 1. The highest BCUT2D eigenvalue weighted by Crippen LogP contribution is 2.31. The van der Waals surface area contributed by atoms with Crippen LogP contribution in [0.4, 0.5) is 0 Å². The van der Waals surface area contributed by atoms with E-state index in [1.807, 2.05) is 18.2 Å². The van der Waals surface area contributed by atoms with Crippen LogP contribution in [0.1, 0.15) is 12.0 Å². The van der Waals surface area contributed by atoms with Crippen molar-refractivity contribution in [3.8, 4) is 16.9 Å². The zero-order chi connectivity index (χ0) is 22.9. The van der Waals surface area contributed by atoms with Crippen LogP contribution in [-0.4, -0.2) is 30.6 Å². The van der Waals surface area contributed by atoms with E-state index in [4.69, 9.17) is 21.4 Å². The van der Waals surface area contributed by atoms with Crippen LogP contribution in [0.2, 0.25) is 5.02 Å². The maximum Gasteiger partial charge on any atom is 0.303 e. The minimum absolute atomic E-state index is 0.109. The molecule has 0 atom stereocenters. The van der Waals surface area contributed by atoms with Gasteiger partial charge in [-0.3, -0.25) is 4.79 Å². The van der Waals surface area contributed by atoms with Gasteiger partial charge in [-0.25, -0.2) is 12.4 Å². The molecule has 1 N–H and O–H groups in total. The fraction of sp³-hybridized carbons (Fsp3) is 0.125. The molecule has 0 aliphatic rings. The molecule has 0 amide bonds. The number of carboxylic acid groups (broad SMARTS) is 1. The zero-order valence-corrected chi connectivity index (χ0v) is 18.7. The molecule has 3 aromatic carbocycles. The lowest BCUT2D eigenvalue weighted by Crippen LogP contribution is -2.12. The lowest BCUT2D eigenvalue weighted by Gasteiger charge is -2.10. The van der Waals surface area contributed by atoms with Gasteiger partial charge in [0.1, 0.15) is 5.75 Å². The first-order valence-corrected chi connectivity index (χ1v) is 11.6. The van der Waals surface area contributed by atoms with Gasteiger partial charge >= 0.3 is 5.97 Å². The molecule has 4 aromatic rings. The third kappa shape index (κ3) is 4.22. The monoisotopic (exact) mass is 469 g/mol. The molecule has 0 radical (unpaired) electrons. The number of methoxy groups -OCH3 is 1. The van der Waals surface area contributed by atoms with Gasteiger partial charge < -0.3 is 9.84 Å². The van der Waals surface area contributed by atoms with E-state index in [1.54, 1.807) is 48.5 Å². The van der Waals surface area contributed by atoms with Crippen molar-refractivity contribution in [3.05, 3.63) is 83.5 Å². The van der Waals surface area contributed by atoms with Crippen molar-refractivity contribution in [1.29, 1.82) is 0 Å². The predicted octanol–water partition coefficient (Wildman–Crippen LogP) is 5.22. The molecule has 4 rings (SSSR count). The molecule has 0 fully saturated rings. The number of nitrogens with zero attached hydrogens (tertiary/aromatic N) is 1. The minimum Gasteiger partial charge on any atom is -0.497 e. The maximum atomic E-state index is 13.6. The van der Waals surface area contributed by atoms with Crippen molar-refractivity contribution in [1.82, 2.24) is 3.97 Å². The van der Waals surface area contributed by atoms with Gasteiger partial charge in [-0.05, 0) is 65.6 Å². The first-order valence-electron chi connectivity index (χ1n) is 9.81. The molecule has 32 heavy (non-hydrogen) atoms. The van der Waals surface area contributed by atoms with Gasteiger partial charge in [0.2, 0.25) is 0 Å². The summed E-state index contributed by atoms with van der Waals surface area (Å²) in [5, 5.41) is 10.3. The molecule has 0 saturated heterocycles. The maximum absolute atomic E-state index is 13.6. The Morgan fingerprint density at radius 1 is 1.03 bits per heavy atom. The summed E-state index contributed by atoms with van der Waals surface area (Å²) < 4.78 is 33.7. The van der Waals surface area contributed by atoms with Crippen molar-refractivity contribution in [2.24, 2.45) is 0 Å². The van der Waals surface area contributed by atoms with E-state index in [9.17, 15) is 13.2 Å². The number of halogens is 1. The van der Waals surface area contributed by atoms with Crippen LogP contribution in [0.25, 0.3) is 22.0 Å². The second-order valence-corrected chi connectivity index (χ2v) is 9.52. The van der Waals surface area contributed by atoms with Crippen LogP contribution in [0.15, 0.2) is 77.8 Å². The number of aliphatic carboxylic acids is 1. The number of carboxylic acids is 1. The highest BCUT2D eigenvalue weighted by Gasteiger charge is 2.22. The number of aryl methyl sites for hydroxylation is 1. The average molecular weight is 470 g/mol. The van der Waals surface area contributed by atoms with Gasteiger partial charge in [-0.15, -0.1) is 0 Å². The number of fused-ring (bicyclic) bond motifs is 1. The minimum atomic E-state index is -3.94. The third-order valence-corrected chi connectivity index (χ3v) is 7.16. The van der Waals surface area contributed by atoms with Gasteiger partial charge in [0.05, 0.1) is 17.5 Å². The molecular weight excluding hydrogens is 450 g/mol. The highest BCUT2D eigenvalue weighted by molar-refractivity contribution is 7.90. The summed E-state index contributed by atoms with van der Waals surface area (Å²) in [6, 6.07) is 18.9. The number of rotatable bonds is 7. The van der Waals surface area contributed by atoms with Gasteiger partial charge in [0.25, 0.3) is 10.0 Å². The first-order chi connectivity index (χ1) is 15.3. The summed E-state index contributed by atoms with van der Waals surface area (Å²) in [6.45, 7) is 0. The van der Waals surface area contributed by atoms with E-state index in [1.165, 1.54) is 17.3 Å². The summed E-state index contributed by atoms with van der Waals surface area (Å²) >= 11 is 5.96. The molecule has 6 nitrogen and oxygen atoms in total. The van der Waals surface area contributed by atoms with E-state index in [0.29, 0.717) is 27.2 Å². The number of hydrogen-bond acceptors (Lipinski definition) is 4. The third-order valence-electron chi connectivity index (χ3n) is 5.24. The molecule has 0 aliphatic carbocycles. The van der Waals surface area contributed by atoms with E-state index >= 15 is 0 Å². The molecule has 164 valence electrons. The van der Waals surface area contributed by atoms with Gasteiger partial charge in [0.15, 0.2) is 0 Å². The first kappa shape index (κ1) is 21.9. The topological polar surface area (TPSA) is 85.6 Å². The number of aromatic nitrogens is 1. The van der Waals surface area contributed by atoms with Gasteiger partial charge in [-0.1, -0.05) is 35.9 Å². The summed E-state index contributed by atoms with van der Waals surface area (Å²) in [5.41, 5.74) is 2.67. The van der Waals surface area contributed by atoms with Crippen LogP contribution < -0.4 is 4.74 Å². The fourth-order valence-electron chi connectivity index (χ4n) is 3.60. The lowest BCUT2D eigenvalue weighted by molar-refractivity contribution is -0.136. The largest absolute Gasteiger partial charge is 0.497 e. The Bertz CT molecular complexity index is 1410. The molecule has 0 aliphatic heterocycles. The molecular formula is C24H20ClNO5S. The summed E-state index contributed by atoms with van der Waals surface area (Å²) in [7, 11) is -2.42. The molecule has 0 spiro atoms. The van der Waals surface area contributed by atoms with Crippen molar-refractivity contribution in [2.45, 2.75) is 17.7 Å². The number of hydrogen-bond donors (Lipinski definition) is 1. The highest BCUT2D eigenvalue weighted by atomic mass is 35.5. The van der Waals surface area contributed by atoms with Crippen LogP contribution in [0.5, 0.6) is 5.75 Å². The fourth-order valence-corrected chi connectivity index (χ4v) is 5.17. The van der Waals surface area contributed by atoms with Crippen molar-refractivity contribution in [3.63, 3.8) is 0 Å². The second-order valence-electron chi connectivity index (χ2n) is 7.27. The van der Waals surface area contributed by atoms with Crippen molar-refractivity contribution >= 4 is 38.5 Å². The molecule has 1 heterocycles. The summed E-state index contributed by atoms with van der Waals surface area (Å²) in [6.07, 6.45) is 1.59. The van der Waals surface area contributed by atoms with Gasteiger partial charge in [-0.2, -0.15) is 0 Å². The quantitative estimate of drug-likeness (QED) is 0.401. The normalized spacial score (nSPS) is 11.6. The smallest absolute Gasteiger partial charge is 0.303 e. The van der Waals surface area contributed by atoms with E-state index in [0.717, 1.165) is 11.1 Å². The Labute approximate surface area is 190 Å². The second kappa shape index (κ2) is 8.68. The Morgan fingerprint density at radius 2 is 1.78 bits per heavy atom. The van der Waals surface area contributed by atoms with Gasteiger partial charge in [0, 0.05) is 23.0 Å². The number of benzene rings is 3. The lowest BCUT2D eigenvalue weighted by atomic mass is 10.1. The Hall–Kier alpha value is -3.29. The van der Waals surface area contributed by atoms with Crippen LogP contribution in [0.3, 0.4) is 0 Å². The predicted molar refractivity (Wildman–Crippen MR) is 124 cm³/mol.